The second-order valence-electron chi connectivity index (χ2n) is 5.72. The van der Waals surface area contributed by atoms with Gasteiger partial charge in [0.2, 0.25) is 11.8 Å². The van der Waals surface area contributed by atoms with Crippen molar-refractivity contribution in [2.24, 2.45) is 0 Å². The van der Waals surface area contributed by atoms with E-state index in [9.17, 15) is 8.42 Å². The Kier molecular flexibility index (Phi) is 4.54. The van der Waals surface area contributed by atoms with Crippen molar-refractivity contribution in [1.82, 2.24) is 14.5 Å². The quantitative estimate of drug-likeness (QED) is 0.835. The molecule has 0 spiro atoms. The topological polar surface area (TPSA) is 85.5 Å². The van der Waals surface area contributed by atoms with Gasteiger partial charge in [0.15, 0.2) is 0 Å². The van der Waals surface area contributed by atoms with E-state index in [0.29, 0.717) is 29.1 Å². The number of sulfonamides is 1. The van der Waals surface area contributed by atoms with E-state index >= 15 is 0 Å². The molecule has 1 aliphatic heterocycles. The fourth-order valence-electron chi connectivity index (χ4n) is 2.28. The Morgan fingerprint density at radius 3 is 2.74 bits per heavy atom. The smallest absolute Gasteiger partial charge is 0.252 e. The first kappa shape index (κ1) is 16.6. The maximum absolute atomic E-state index is 12.7. The number of hydrogen-bond acceptors (Lipinski definition) is 7. The summed E-state index contributed by atoms with van der Waals surface area (Å²) in [5, 5.41) is 7.97. The molecule has 23 heavy (non-hydrogen) atoms. The molecule has 2 aromatic heterocycles. The summed E-state index contributed by atoms with van der Waals surface area (Å²) in [5.74, 6) is 0.974. The maximum Gasteiger partial charge on any atom is 0.252 e. The molecule has 0 aromatic carbocycles. The highest BCUT2D eigenvalue weighted by molar-refractivity contribution is 7.91. The van der Waals surface area contributed by atoms with E-state index in [2.05, 4.69) is 10.2 Å². The van der Waals surface area contributed by atoms with Gasteiger partial charge >= 0.3 is 0 Å². The molecule has 0 saturated carbocycles. The molecule has 1 fully saturated rings. The number of nitrogens with zero attached hydrogens (tertiary/aromatic N) is 3. The van der Waals surface area contributed by atoms with Crippen LogP contribution in [0.1, 0.15) is 42.5 Å². The molecule has 0 radical (unpaired) electrons. The Balaban J connectivity index is 1.80. The predicted octanol–water partition coefficient (Wildman–Crippen LogP) is 2.33. The van der Waals surface area contributed by atoms with Gasteiger partial charge in [-0.05, 0) is 19.1 Å². The molecule has 7 nitrogen and oxygen atoms in total. The van der Waals surface area contributed by atoms with Crippen molar-refractivity contribution in [3.63, 3.8) is 0 Å². The zero-order chi connectivity index (χ0) is 16.6. The summed E-state index contributed by atoms with van der Waals surface area (Å²) in [6.45, 7) is 6.59. The first-order valence-corrected chi connectivity index (χ1v) is 9.65. The van der Waals surface area contributed by atoms with E-state index in [1.165, 1.54) is 15.6 Å². The van der Waals surface area contributed by atoms with Gasteiger partial charge in [-0.15, -0.1) is 21.5 Å². The highest BCUT2D eigenvalue weighted by atomic mass is 32.2. The van der Waals surface area contributed by atoms with Crippen molar-refractivity contribution >= 4 is 21.4 Å². The molecule has 0 aliphatic carbocycles. The monoisotopic (exact) mass is 357 g/mol. The molecule has 3 rings (SSSR count). The van der Waals surface area contributed by atoms with E-state index in [1.54, 1.807) is 6.07 Å². The predicted molar refractivity (Wildman–Crippen MR) is 84.9 cm³/mol. The molecule has 126 valence electrons. The normalized spacial score (nSPS) is 20.3. The van der Waals surface area contributed by atoms with Crippen LogP contribution in [0, 0.1) is 6.92 Å². The number of aryl methyl sites for hydroxylation is 1. The Labute approximate surface area is 139 Å². The number of hydrogen-bond donors (Lipinski definition) is 0. The third kappa shape index (κ3) is 3.32. The van der Waals surface area contributed by atoms with E-state index < -0.39 is 16.1 Å². The molecule has 9 heteroatoms. The van der Waals surface area contributed by atoms with Gasteiger partial charge in [-0.25, -0.2) is 8.42 Å². The number of ether oxygens (including phenoxy) is 1. The summed E-state index contributed by atoms with van der Waals surface area (Å²) in [5.41, 5.74) is 0. The van der Waals surface area contributed by atoms with Crippen molar-refractivity contribution in [1.29, 1.82) is 0 Å². The molecule has 1 atom stereocenters. The Bertz CT molecular complexity index is 782. The van der Waals surface area contributed by atoms with Gasteiger partial charge in [0, 0.05) is 23.9 Å². The van der Waals surface area contributed by atoms with Crippen LogP contribution in [0.5, 0.6) is 0 Å². The van der Waals surface area contributed by atoms with Crippen molar-refractivity contribution in [3.8, 4) is 0 Å². The summed E-state index contributed by atoms with van der Waals surface area (Å²) in [6, 6.07) is 3.45. The third-order valence-corrected chi connectivity index (χ3v) is 6.90. The van der Waals surface area contributed by atoms with Gasteiger partial charge in [0.05, 0.1) is 6.61 Å². The minimum absolute atomic E-state index is 0.119. The molecular weight excluding hydrogens is 338 g/mol. The Hall–Kier alpha value is -1.29. The van der Waals surface area contributed by atoms with Gasteiger partial charge in [0.25, 0.3) is 10.0 Å². The van der Waals surface area contributed by atoms with Crippen molar-refractivity contribution in [2.45, 2.75) is 37.0 Å². The molecule has 0 bridgehead atoms. The van der Waals surface area contributed by atoms with Crippen LogP contribution < -0.4 is 0 Å². The Morgan fingerprint density at radius 2 is 2.13 bits per heavy atom. The SMILES string of the molecule is Cc1ccc(S(=O)(=O)N2CCO[C@@H](c3nnc(C(C)C)o3)C2)s1. The molecular formula is C14H19N3O4S2. The lowest BCUT2D eigenvalue weighted by Crippen LogP contribution is -2.42. The van der Waals surface area contributed by atoms with Crippen LogP contribution in [-0.2, 0) is 14.8 Å². The summed E-state index contributed by atoms with van der Waals surface area (Å²) in [6.07, 6.45) is -0.528. The fraction of sp³-hybridized carbons (Fsp3) is 0.571. The van der Waals surface area contributed by atoms with Crippen molar-refractivity contribution in [3.05, 3.63) is 28.8 Å². The summed E-state index contributed by atoms with van der Waals surface area (Å²) in [7, 11) is -3.51. The van der Waals surface area contributed by atoms with E-state index in [0.717, 1.165) is 4.88 Å². The number of thiophene rings is 1. The number of rotatable bonds is 4. The molecule has 0 unspecified atom stereocenters. The van der Waals surface area contributed by atoms with E-state index in [-0.39, 0.29) is 12.5 Å². The van der Waals surface area contributed by atoms with Crippen LogP contribution >= 0.6 is 11.3 Å². The molecule has 0 amide bonds. The minimum Gasteiger partial charge on any atom is -0.422 e. The van der Waals surface area contributed by atoms with Gasteiger partial charge in [0.1, 0.15) is 10.3 Å². The van der Waals surface area contributed by atoms with Crippen LogP contribution in [0.3, 0.4) is 0 Å². The average molecular weight is 357 g/mol. The van der Waals surface area contributed by atoms with E-state index in [4.69, 9.17) is 9.15 Å². The van der Waals surface area contributed by atoms with Gasteiger partial charge in [-0.1, -0.05) is 13.8 Å². The minimum atomic E-state index is -3.51. The van der Waals surface area contributed by atoms with Gasteiger partial charge in [-0.3, -0.25) is 0 Å². The fourth-order valence-corrected chi connectivity index (χ4v) is 5.14. The number of morpholine rings is 1. The van der Waals surface area contributed by atoms with Crippen LogP contribution in [0.2, 0.25) is 0 Å². The zero-order valence-electron chi connectivity index (χ0n) is 13.2. The Morgan fingerprint density at radius 1 is 1.35 bits per heavy atom. The standard InChI is InChI=1S/C14H19N3O4S2/c1-9(2)13-15-16-14(21-13)11-8-17(6-7-20-11)23(18,19)12-5-4-10(3)22-12/h4-5,9,11H,6-8H2,1-3H3/t11-/m1/s1. The maximum atomic E-state index is 12.7. The van der Waals surface area contributed by atoms with Gasteiger partial charge < -0.3 is 9.15 Å². The molecule has 1 saturated heterocycles. The van der Waals surface area contributed by atoms with Crippen LogP contribution in [0.15, 0.2) is 20.8 Å². The van der Waals surface area contributed by atoms with E-state index in [1.807, 2.05) is 26.8 Å². The van der Waals surface area contributed by atoms with Crippen molar-refractivity contribution < 1.29 is 17.6 Å². The first-order chi connectivity index (χ1) is 10.9. The molecule has 3 heterocycles. The zero-order valence-corrected chi connectivity index (χ0v) is 14.9. The lowest BCUT2D eigenvalue weighted by atomic mass is 10.2. The second kappa shape index (κ2) is 6.31. The third-order valence-electron chi connectivity index (χ3n) is 3.56. The molecule has 1 aliphatic rings. The highest BCUT2D eigenvalue weighted by Gasteiger charge is 2.34. The lowest BCUT2D eigenvalue weighted by molar-refractivity contribution is -0.0178. The summed E-state index contributed by atoms with van der Waals surface area (Å²) < 4.78 is 38.4. The van der Waals surface area contributed by atoms with Gasteiger partial charge in [-0.2, -0.15) is 4.31 Å². The largest absolute Gasteiger partial charge is 0.422 e. The molecule has 0 N–H and O–H groups in total. The van der Waals surface area contributed by atoms with Crippen LogP contribution in [0.4, 0.5) is 0 Å². The summed E-state index contributed by atoms with van der Waals surface area (Å²) in [4.78, 5) is 0.965. The lowest BCUT2D eigenvalue weighted by Gasteiger charge is -2.29. The summed E-state index contributed by atoms with van der Waals surface area (Å²) >= 11 is 1.27. The number of aromatic nitrogens is 2. The molecule has 2 aromatic rings. The van der Waals surface area contributed by atoms with Crippen LogP contribution in [0.25, 0.3) is 0 Å². The van der Waals surface area contributed by atoms with Crippen LogP contribution in [-0.4, -0.2) is 42.6 Å². The highest BCUT2D eigenvalue weighted by Crippen LogP contribution is 2.29. The second-order valence-corrected chi connectivity index (χ2v) is 9.17. The van der Waals surface area contributed by atoms with Crippen molar-refractivity contribution in [2.75, 3.05) is 19.7 Å². The first-order valence-electron chi connectivity index (χ1n) is 7.39. The average Bonchev–Trinajstić information content (AvgIpc) is 3.16.